The van der Waals surface area contributed by atoms with Gasteiger partial charge in [0.15, 0.2) is 0 Å². The van der Waals surface area contributed by atoms with Crippen LogP contribution in [0, 0.1) is 0 Å². The summed E-state index contributed by atoms with van der Waals surface area (Å²) in [6, 6.07) is 8.68. The zero-order valence-electron chi connectivity index (χ0n) is 11.1. The van der Waals surface area contributed by atoms with E-state index in [1.807, 2.05) is 6.20 Å². The Morgan fingerprint density at radius 2 is 2.00 bits per heavy atom. The minimum absolute atomic E-state index is 0.384. The van der Waals surface area contributed by atoms with Gasteiger partial charge in [-0.15, -0.1) is 0 Å². The van der Waals surface area contributed by atoms with Crippen molar-refractivity contribution in [2.45, 2.75) is 6.04 Å². The van der Waals surface area contributed by atoms with Crippen molar-refractivity contribution in [3.8, 4) is 11.3 Å². The van der Waals surface area contributed by atoms with Crippen molar-refractivity contribution in [1.29, 1.82) is 0 Å². The van der Waals surface area contributed by atoms with Crippen LogP contribution in [-0.4, -0.2) is 34.1 Å². The lowest BCUT2D eigenvalue weighted by Crippen LogP contribution is -2.15. The molecule has 0 aliphatic carbocycles. The molecule has 102 valence electrons. The van der Waals surface area contributed by atoms with Gasteiger partial charge in [0, 0.05) is 16.1 Å². The van der Waals surface area contributed by atoms with Crippen LogP contribution in [0.2, 0.25) is 0 Å². The van der Waals surface area contributed by atoms with Gasteiger partial charge in [0.05, 0.1) is 17.9 Å². The summed E-state index contributed by atoms with van der Waals surface area (Å²) in [4.78, 5) is 8.00. The number of rotatable bonds is 2. The first-order chi connectivity index (χ1) is 9.03. The van der Waals surface area contributed by atoms with Crippen LogP contribution in [0.5, 0.6) is 0 Å². The maximum atomic E-state index is 4.55. The smallest absolute Gasteiger partial charge is 0.124 e. The van der Waals surface area contributed by atoms with E-state index in [9.17, 15) is 0 Å². The lowest BCUT2D eigenvalue weighted by atomic mass is 10.2. The number of nitrogens with one attached hydrogen (secondary N) is 2. The predicted molar refractivity (Wildman–Crippen MR) is 86.8 cm³/mol. The fraction of sp³-hybridized carbons (Fsp3) is 0.357. The number of nitrogens with zero attached hydrogens (tertiary/aromatic N) is 1. The Hall–Kier alpha value is -0.780. The van der Waals surface area contributed by atoms with Crippen molar-refractivity contribution >= 4 is 26.0 Å². The Kier molecular flexibility index (Phi) is 3.45. The van der Waals surface area contributed by atoms with Crippen molar-refractivity contribution in [3.63, 3.8) is 0 Å². The SMILES string of the molecule is CS1(C)CNC(c2ncc(-c3ccc(Br)cc3)[nH]2)C1. The van der Waals surface area contributed by atoms with Gasteiger partial charge < -0.3 is 4.98 Å². The van der Waals surface area contributed by atoms with E-state index in [4.69, 9.17) is 0 Å². The molecule has 1 aliphatic heterocycles. The highest BCUT2D eigenvalue weighted by molar-refractivity contribution is 9.10. The van der Waals surface area contributed by atoms with Crippen molar-refractivity contribution in [2.24, 2.45) is 0 Å². The fourth-order valence-electron chi connectivity index (χ4n) is 2.36. The van der Waals surface area contributed by atoms with Gasteiger partial charge in [-0.2, -0.15) is 0 Å². The van der Waals surface area contributed by atoms with E-state index in [-0.39, 0.29) is 0 Å². The number of aromatic nitrogens is 2. The van der Waals surface area contributed by atoms with Crippen LogP contribution in [-0.2, 0) is 0 Å². The zero-order chi connectivity index (χ0) is 13.5. The van der Waals surface area contributed by atoms with E-state index in [1.54, 1.807) is 0 Å². The van der Waals surface area contributed by atoms with Crippen molar-refractivity contribution in [2.75, 3.05) is 24.1 Å². The van der Waals surface area contributed by atoms with Crippen LogP contribution in [0.25, 0.3) is 11.3 Å². The van der Waals surface area contributed by atoms with Crippen LogP contribution in [0.1, 0.15) is 11.9 Å². The monoisotopic (exact) mass is 339 g/mol. The molecule has 1 atom stereocenters. The highest BCUT2D eigenvalue weighted by Crippen LogP contribution is 2.46. The Morgan fingerprint density at radius 1 is 1.26 bits per heavy atom. The summed E-state index contributed by atoms with van der Waals surface area (Å²) in [5.41, 5.74) is 2.26. The predicted octanol–water partition coefficient (Wildman–Crippen LogP) is 3.51. The second-order valence-corrected chi connectivity index (χ2v) is 10.6. The number of hydrogen-bond donors (Lipinski definition) is 2. The van der Waals surface area contributed by atoms with E-state index in [0.29, 0.717) is 6.04 Å². The maximum absolute atomic E-state index is 4.55. The van der Waals surface area contributed by atoms with Crippen LogP contribution >= 0.6 is 26.0 Å². The zero-order valence-corrected chi connectivity index (χ0v) is 13.5. The highest BCUT2D eigenvalue weighted by Gasteiger charge is 2.29. The third-order valence-corrected chi connectivity index (χ3v) is 6.13. The molecule has 3 rings (SSSR count). The highest BCUT2D eigenvalue weighted by atomic mass is 79.9. The molecule has 1 aromatic heterocycles. The van der Waals surface area contributed by atoms with E-state index >= 15 is 0 Å². The molecule has 1 unspecified atom stereocenters. The Morgan fingerprint density at radius 3 is 2.63 bits per heavy atom. The molecule has 1 aromatic carbocycles. The third kappa shape index (κ3) is 2.88. The van der Waals surface area contributed by atoms with Crippen LogP contribution < -0.4 is 5.32 Å². The first kappa shape index (κ1) is 13.2. The van der Waals surface area contributed by atoms with Gasteiger partial charge in [0.25, 0.3) is 0 Å². The van der Waals surface area contributed by atoms with Crippen molar-refractivity contribution < 1.29 is 0 Å². The molecule has 0 bridgehead atoms. The van der Waals surface area contributed by atoms with Gasteiger partial charge in [-0.25, -0.2) is 15.0 Å². The van der Waals surface area contributed by atoms with E-state index in [0.717, 1.165) is 21.9 Å². The van der Waals surface area contributed by atoms with Crippen molar-refractivity contribution in [1.82, 2.24) is 15.3 Å². The molecule has 19 heavy (non-hydrogen) atoms. The van der Waals surface area contributed by atoms with E-state index < -0.39 is 10.0 Å². The third-order valence-electron chi connectivity index (χ3n) is 3.42. The number of hydrogen-bond acceptors (Lipinski definition) is 2. The summed E-state index contributed by atoms with van der Waals surface area (Å²) in [6.07, 6.45) is 6.68. The first-order valence-corrected chi connectivity index (χ1v) is 9.84. The Labute approximate surface area is 123 Å². The number of halogens is 1. The summed E-state index contributed by atoms with van der Waals surface area (Å²) in [7, 11) is -0.482. The summed E-state index contributed by atoms with van der Waals surface area (Å²) in [5, 5.41) is 3.57. The minimum Gasteiger partial charge on any atom is -0.341 e. The molecule has 1 aliphatic rings. The second kappa shape index (κ2) is 4.96. The topological polar surface area (TPSA) is 40.7 Å². The lowest BCUT2D eigenvalue weighted by molar-refractivity contribution is 0.641. The molecule has 2 aromatic rings. The van der Waals surface area contributed by atoms with Gasteiger partial charge in [-0.1, -0.05) is 28.1 Å². The molecule has 0 spiro atoms. The van der Waals surface area contributed by atoms with Crippen LogP contribution in [0.4, 0.5) is 0 Å². The lowest BCUT2D eigenvalue weighted by Gasteiger charge is -2.22. The average molecular weight is 340 g/mol. The maximum Gasteiger partial charge on any atom is 0.124 e. The molecular weight excluding hydrogens is 322 g/mol. The quantitative estimate of drug-likeness (QED) is 0.878. The standard InChI is InChI=1S/C14H18BrN3S/c1-19(2)8-13(17-9-19)14-16-7-12(18-14)10-3-5-11(15)6-4-10/h3-7,13,17H,8-9H2,1-2H3,(H,16,18). The largest absolute Gasteiger partial charge is 0.341 e. The van der Waals surface area contributed by atoms with Gasteiger partial charge in [0.2, 0.25) is 0 Å². The fourth-order valence-corrected chi connectivity index (χ4v) is 4.57. The molecule has 3 nitrogen and oxygen atoms in total. The number of benzene rings is 1. The molecule has 2 N–H and O–H groups in total. The number of imidazole rings is 1. The molecular formula is C14H18BrN3S. The summed E-state index contributed by atoms with van der Waals surface area (Å²) >= 11 is 3.46. The molecule has 1 fully saturated rings. The Bertz CT molecular complexity index is 577. The van der Waals surface area contributed by atoms with Gasteiger partial charge in [-0.05, 0) is 30.2 Å². The molecule has 0 saturated carbocycles. The summed E-state index contributed by atoms with van der Waals surface area (Å²) in [5.74, 6) is 3.41. The number of aromatic amines is 1. The molecule has 2 heterocycles. The molecule has 1 saturated heterocycles. The first-order valence-electron chi connectivity index (χ1n) is 6.26. The van der Waals surface area contributed by atoms with E-state index in [1.165, 1.54) is 11.3 Å². The van der Waals surface area contributed by atoms with Gasteiger partial charge in [0.1, 0.15) is 5.82 Å². The summed E-state index contributed by atoms with van der Waals surface area (Å²) < 4.78 is 1.10. The summed E-state index contributed by atoms with van der Waals surface area (Å²) in [6.45, 7) is 0. The van der Waals surface area contributed by atoms with Crippen LogP contribution in [0.3, 0.4) is 0 Å². The Balaban J connectivity index is 1.82. The average Bonchev–Trinajstić information content (AvgIpc) is 2.96. The van der Waals surface area contributed by atoms with Crippen LogP contribution in [0.15, 0.2) is 34.9 Å². The molecule has 0 radical (unpaired) electrons. The van der Waals surface area contributed by atoms with Gasteiger partial charge in [-0.3, -0.25) is 5.32 Å². The number of H-pyrrole nitrogens is 1. The molecule has 5 heteroatoms. The van der Waals surface area contributed by atoms with Crippen molar-refractivity contribution in [3.05, 3.63) is 40.8 Å². The second-order valence-electron chi connectivity index (χ2n) is 5.52. The molecule has 0 amide bonds. The van der Waals surface area contributed by atoms with Gasteiger partial charge >= 0.3 is 0 Å². The van der Waals surface area contributed by atoms with E-state index in [2.05, 4.69) is 68.0 Å². The minimum atomic E-state index is -0.482. The normalized spacial score (nSPS) is 23.4.